The van der Waals surface area contributed by atoms with E-state index in [2.05, 4.69) is 5.71 Å². The molecule has 0 aliphatic heterocycles. The first-order chi connectivity index (χ1) is 2.73. The zero-order chi connectivity index (χ0) is 5.58. The largest absolute Gasteiger partial charge is 0.299 e. The van der Waals surface area contributed by atoms with Crippen LogP contribution in [0.5, 0.6) is 0 Å². The summed E-state index contributed by atoms with van der Waals surface area (Å²) in [5, 5.41) is 0. The summed E-state index contributed by atoms with van der Waals surface area (Å²) in [6.07, 6.45) is 0. The Labute approximate surface area is 47.7 Å². The molecule has 0 bridgehead atoms. The molecule has 0 radical (unpaired) electrons. The van der Waals surface area contributed by atoms with Crippen molar-refractivity contribution in [2.45, 2.75) is 5.71 Å². The van der Waals surface area contributed by atoms with Crippen molar-refractivity contribution in [2.75, 3.05) is 0 Å². The molecule has 0 rings (SSSR count). The molecule has 0 fully saturated rings. The van der Waals surface area contributed by atoms with Crippen LogP contribution in [0.2, 0.25) is 5.71 Å². The summed E-state index contributed by atoms with van der Waals surface area (Å²) in [6, 6.07) is 0. The van der Waals surface area contributed by atoms with Gasteiger partial charge in [0.05, 0.1) is 0 Å². The minimum atomic E-state index is -2.61. The van der Waals surface area contributed by atoms with Crippen molar-refractivity contribution in [1.82, 2.24) is 0 Å². The molecule has 1 atom stereocenters. The summed E-state index contributed by atoms with van der Waals surface area (Å²) in [7, 11) is 0. The molecule has 5 heteroatoms. The molecule has 0 amide bonds. The van der Waals surface area contributed by atoms with Gasteiger partial charge in [0, 0.05) is 0 Å². The smallest absolute Gasteiger partial charge is 0.284 e. The van der Waals surface area contributed by atoms with E-state index in [1.54, 1.807) is 16.9 Å². The monoisotopic (exact) mass is 174 g/mol. The van der Waals surface area contributed by atoms with Gasteiger partial charge in [0.25, 0.3) is 11.4 Å². The van der Waals surface area contributed by atoms with Gasteiger partial charge in [-0.2, -0.15) is 4.21 Å². The van der Waals surface area contributed by atoms with Gasteiger partial charge in [0.1, 0.15) is 0 Å². The third kappa shape index (κ3) is 154. The third-order valence-electron chi connectivity index (χ3n) is 0. The number of hydrogen-bond acceptors (Lipinski definition) is 1. The van der Waals surface area contributed by atoms with Gasteiger partial charge in [-0.3, -0.25) is 9.11 Å². The first-order valence-electron chi connectivity index (χ1n) is 1.11. The molecule has 0 saturated carbocycles. The van der Waals surface area contributed by atoms with E-state index in [1.807, 2.05) is 0 Å². The van der Waals surface area contributed by atoms with E-state index in [0.29, 0.717) is 0 Å². The molecule has 6 heavy (non-hydrogen) atoms. The van der Waals surface area contributed by atoms with Gasteiger partial charge in [-0.1, -0.05) is 0 Å². The Morgan fingerprint density at radius 1 is 1.50 bits per heavy atom. The second-order valence-electron chi connectivity index (χ2n) is 0.231. The molecule has 0 aromatic rings. The maximum atomic E-state index is 8.67. The molecule has 2 N–H and O–H groups in total. The SMILES string of the molecule is C[AsH2].O=S(O)O. The zero-order valence-electron chi connectivity index (χ0n) is 3.29. The van der Waals surface area contributed by atoms with Crippen LogP contribution >= 0.6 is 0 Å². The Morgan fingerprint density at radius 3 is 1.50 bits per heavy atom. The summed E-state index contributed by atoms with van der Waals surface area (Å²) in [6.45, 7) is 0. The number of rotatable bonds is 0. The average Bonchev–Trinajstić information content (AvgIpc) is 1.41. The van der Waals surface area contributed by atoms with E-state index in [-0.39, 0.29) is 0 Å². The van der Waals surface area contributed by atoms with Gasteiger partial charge in [-0.25, -0.2) is 0 Å². The van der Waals surface area contributed by atoms with E-state index in [0.717, 1.165) is 0 Å². The van der Waals surface area contributed by atoms with Crippen molar-refractivity contribution in [3.05, 3.63) is 0 Å². The first kappa shape index (κ1) is 9.80. The molecule has 0 aromatic heterocycles. The van der Waals surface area contributed by atoms with E-state index < -0.39 is 11.4 Å². The van der Waals surface area contributed by atoms with Gasteiger partial charge < -0.3 is 0 Å². The molecule has 3 nitrogen and oxygen atoms in total. The topological polar surface area (TPSA) is 57.5 Å². The van der Waals surface area contributed by atoms with Crippen LogP contribution in [-0.4, -0.2) is 30.2 Å². The van der Waals surface area contributed by atoms with E-state index in [1.165, 1.54) is 0 Å². The summed E-state index contributed by atoms with van der Waals surface area (Å²) >= 11 is -0.924. The van der Waals surface area contributed by atoms with E-state index in [9.17, 15) is 0 Å². The second kappa shape index (κ2) is 9.16. The van der Waals surface area contributed by atoms with Crippen molar-refractivity contribution in [1.29, 1.82) is 0 Å². The van der Waals surface area contributed by atoms with Gasteiger partial charge in [0.15, 0.2) is 0 Å². The van der Waals surface area contributed by atoms with Crippen LogP contribution in [0.25, 0.3) is 0 Å². The molecule has 0 heterocycles. The predicted octanol–water partition coefficient (Wildman–Crippen LogP) is -0.651. The van der Waals surface area contributed by atoms with Crippen LogP contribution in [0.4, 0.5) is 0 Å². The molecule has 0 saturated heterocycles. The fraction of sp³-hybridized carbons (Fsp3) is 1.00. The maximum Gasteiger partial charge on any atom is 0.299 e. The van der Waals surface area contributed by atoms with Crippen LogP contribution in [0, 0.1) is 0 Å². The summed E-state index contributed by atoms with van der Waals surface area (Å²) in [5.74, 6) is 0. The fourth-order valence-electron chi connectivity index (χ4n) is 0. The molecule has 0 spiro atoms. The van der Waals surface area contributed by atoms with Crippen molar-refractivity contribution < 1.29 is 13.3 Å². The molecule has 0 aliphatic rings. The Bertz CT molecular complexity index is 33.8. The summed E-state index contributed by atoms with van der Waals surface area (Å²) < 4.78 is 22.8. The van der Waals surface area contributed by atoms with Crippen LogP contribution in [0.15, 0.2) is 0 Å². The number of hydrogen-bond donors (Lipinski definition) is 2. The second-order valence-corrected chi connectivity index (χ2v) is 0.692. The predicted molar refractivity (Wildman–Crippen MR) is 27.8 cm³/mol. The van der Waals surface area contributed by atoms with Crippen LogP contribution in [-0.2, 0) is 11.4 Å². The van der Waals surface area contributed by atoms with Crippen LogP contribution in [0.3, 0.4) is 0 Å². The Morgan fingerprint density at radius 2 is 1.50 bits per heavy atom. The van der Waals surface area contributed by atoms with Crippen LogP contribution in [0.1, 0.15) is 0 Å². The van der Waals surface area contributed by atoms with Gasteiger partial charge in [-0.05, 0) is 0 Å². The Kier molecular flexibility index (Phi) is 15.0. The van der Waals surface area contributed by atoms with Crippen molar-refractivity contribution in [3.8, 4) is 0 Å². The molecule has 40 valence electrons. The molecule has 0 aliphatic carbocycles. The first-order valence-corrected chi connectivity index (χ1v) is 4.60. The third-order valence-corrected chi connectivity index (χ3v) is 0. The normalized spacial score (nSPS) is 6.83. The fourth-order valence-corrected chi connectivity index (χ4v) is 0. The van der Waals surface area contributed by atoms with E-state index in [4.69, 9.17) is 13.3 Å². The van der Waals surface area contributed by atoms with E-state index >= 15 is 0 Å². The molecular weight excluding hydrogens is 167 g/mol. The van der Waals surface area contributed by atoms with Crippen LogP contribution < -0.4 is 0 Å². The molecular formula is CH7AsO3S. The molecule has 1 unspecified atom stereocenters. The average molecular weight is 174 g/mol. The minimum Gasteiger partial charge on any atom is -0.284 e. The quantitative estimate of drug-likeness (QED) is 0.379. The van der Waals surface area contributed by atoms with Crippen molar-refractivity contribution in [3.63, 3.8) is 0 Å². The minimum absolute atomic E-state index is 1.69. The molecule has 0 aromatic carbocycles. The van der Waals surface area contributed by atoms with Gasteiger partial charge in [0.2, 0.25) is 0 Å². The van der Waals surface area contributed by atoms with Crippen molar-refractivity contribution in [2.24, 2.45) is 0 Å². The Balaban J connectivity index is 0. The van der Waals surface area contributed by atoms with Gasteiger partial charge in [-0.15, -0.1) is 0 Å². The zero-order valence-corrected chi connectivity index (χ0v) is 6.53. The Hall–Kier alpha value is 0.628. The summed E-state index contributed by atoms with van der Waals surface area (Å²) in [4.78, 5) is 0. The maximum absolute atomic E-state index is 8.67. The van der Waals surface area contributed by atoms with Crippen molar-refractivity contribution >= 4 is 28.2 Å². The van der Waals surface area contributed by atoms with Gasteiger partial charge >= 0.3 is 22.6 Å². The standard InChI is InChI=1S/CH5As.H2O3S/c1-2;1-4(2)3/h2H2,1H3;(H2,1,2,3). The summed E-state index contributed by atoms with van der Waals surface area (Å²) in [5.41, 5.74) is 2.06.